The quantitative estimate of drug-likeness (QED) is 0.525. The van der Waals surface area contributed by atoms with E-state index in [0.29, 0.717) is 16.7 Å². The van der Waals surface area contributed by atoms with E-state index < -0.39 is 0 Å². The van der Waals surface area contributed by atoms with Crippen LogP contribution in [0.15, 0.2) is 43.0 Å². The molecule has 9 nitrogen and oxygen atoms in total. The number of aromatic amines is 2. The van der Waals surface area contributed by atoms with Gasteiger partial charge in [-0.25, -0.2) is 4.98 Å². The highest BCUT2D eigenvalue weighted by Crippen LogP contribution is 2.20. The van der Waals surface area contributed by atoms with Crippen LogP contribution in [-0.4, -0.2) is 41.5 Å². The van der Waals surface area contributed by atoms with Crippen molar-refractivity contribution >= 4 is 22.6 Å². The Balaban J connectivity index is 1.64. The SMILES string of the molecule is O=C(Nc1cncc(-c2ccn[nH]2)c1)c1nccc2n[nH]nc12. The minimum absolute atomic E-state index is 0.197. The first-order valence-electron chi connectivity index (χ1n) is 6.73. The maximum absolute atomic E-state index is 12.4. The van der Waals surface area contributed by atoms with Gasteiger partial charge in [0, 0.05) is 24.2 Å². The van der Waals surface area contributed by atoms with Gasteiger partial charge in [-0.05, 0) is 18.2 Å². The van der Waals surface area contributed by atoms with E-state index in [-0.39, 0.29) is 11.6 Å². The summed E-state index contributed by atoms with van der Waals surface area (Å²) < 4.78 is 0. The largest absolute Gasteiger partial charge is 0.319 e. The second-order valence-corrected chi connectivity index (χ2v) is 4.74. The summed E-state index contributed by atoms with van der Waals surface area (Å²) in [5.41, 5.74) is 3.36. The highest BCUT2D eigenvalue weighted by Gasteiger charge is 2.15. The number of H-pyrrole nitrogens is 2. The number of anilines is 1. The van der Waals surface area contributed by atoms with Gasteiger partial charge in [0.2, 0.25) is 0 Å². The molecular weight excluding hydrogens is 296 g/mol. The van der Waals surface area contributed by atoms with Crippen LogP contribution in [-0.2, 0) is 0 Å². The average molecular weight is 306 g/mol. The fraction of sp³-hybridized carbons (Fsp3) is 0. The van der Waals surface area contributed by atoms with E-state index in [1.165, 1.54) is 6.20 Å². The zero-order valence-corrected chi connectivity index (χ0v) is 11.7. The number of aromatic nitrogens is 7. The summed E-state index contributed by atoms with van der Waals surface area (Å²) in [5.74, 6) is -0.381. The smallest absolute Gasteiger partial charge is 0.276 e. The van der Waals surface area contributed by atoms with Crippen molar-refractivity contribution in [3.63, 3.8) is 0 Å². The van der Waals surface area contributed by atoms with E-state index in [9.17, 15) is 4.79 Å². The molecule has 4 aromatic heterocycles. The lowest BCUT2D eigenvalue weighted by atomic mass is 10.2. The summed E-state index contributed by atoms with van der Waals surface area (Å²) in [5, 5.41) is 19.9. The summed E-state index contributed by atoms with van der Waals surface area (Å²) in [6.07, 6.45) is 6.40. The molecule has 0 aliphatic carbocycles. The van der Waals surface area contributed by atoms with Gasteiger partial charge < -0.3 is 5.32 Å². The van der Waals surface area contributed by atoms with Crippen molar-refractivity contribution < 1.29 is 4.79 Å². The summed E-state index contributed by atoms with van der Waals surface area (Å²) in [7, 11) is 0. The van der Waals surface area contributed by atoms with Crippen molar-refractivity contribution in [3.05, 3.63) is 48.7 Å². The Morgan fingerprint density at radius 2 is 2.09 bits per heavy atom. The van der Waals surface area contributed by atoms with E-state index in [1.54, 1.807) is 30.7 Å². The van der Waals surface area contributed by atoms with Gasteiger partial charge in [0.1, 0.15) is 11.0 Å². The van der Waals surface area contributed by atoms with Crippen LogP contribution in [0.2, 0.25) is 0 Å². The number of hydrogen-bond acceptors (Lipinski definition) is 6. The molecule has 4 heterocycles. The lowest BCUT2D eigenvalue weighted by Crippen LogP contribution is -2.14. The number of carbonyl (C=O) groups is 1. The third-order valence-electron chi connectivity index (χ3n) is 3.26. The van der Waals surface area contributed by atoms with E-state index in [2.05, 4.69) is 40.9 Å². The molecule has 0 aliphatic heterocycles. The van der Waals surface area contributed by atoms with Crippen molar-refractivity contribution in [1.82, 2.24) is 35.6 Å². The number of amides is 1. The predicted octanol–water partition coefficient (Wildman–Crippen LogP) is 1.39. The second-order valence-electron chi connectivity index (χ2n) is 4.74. The van der Waals surface area contributed by atoms with Crippen LogP contribution in [0.4, 0.5) is 5.69 Å². The maximum Gasteiger partial charge on any atom is 0.276 e. The molecule has 0 saturated carbocycles. The molecule has 9 heteroatoms. The van der Waals surface area contributed by atoms with E-state index >= 15 is 0 Å². The monoisotopic (exact) mass is 306 g/mol. The molecule has 1 amide bonds. The first-order chi connectivity index (χ1) is 11.3. The number of rotatable bonds is 3. The molecule has 23 heavy (non-hydrogen) atoms. The fourth-order valence-electron chi connectivity index (χ4n) is 2.20. The van der Waals surface area contributed by atoms with Gasteiger partial charge in [-0.2, -0.15) is 20.5 Å². The van der Waals surface area contributed by atoms with E-state index in [1.807, 2.05) is 6.07 Å². The Bertz CT molecular complexity index is 975. The zero-order chi connectivity index (χ0) is 15.6. The molecule has 0 bridgehead atoms. The minimum Gasteiger partial charge on any atom is -0.319 e. The van der Waals surface area contributed by atoms with Gasteiger partial charge in [0.25, 0.3) is 5.91 Å². The maximum atomic E-state index is 12.4. The van der Waals surface area contributed by atoms with Crippen molar-refractivity contribution in [3.8, 4) is 11.3 Å². The molecule has 0 spiro atoms. The number of fused-ring (bicyclic) bond motifs is 1. The Morgan fingerprint density at radius 1 is 1.13 bits per heavy atom. The van der Waals surface area contributed by atoms with Crippen molar-refractivity contribution in [1.29, 1.82) is 0 Å². The van der Waals surface area contributed by atoms with E-state index in [0.717, 1.165) is 11.3 Å². The molecule has 0 aliphatic rings. The number of nitrogens with one attached hydrogen (secondary N) is 3. The van der Waals surface area contributed by atoms with Crippen LogP contribution < -0.4 is 5.32 Å². The first-order valence-corrected chi connectivity index (χ1v) is 6.73. The molecule has 0 radical (unpaired) electrons. The number of carbonyl (C=O) groups excluding carboxylic acids is 1. The minimum atomic E-state index is -0.381. The van der Waals surface area contributed by atoms with Gasteiger partial charge in [-0.1, -0.05) is 0 Å². The lowest BCUT2D eigenvalue weighted by molar-refractivity contribution is 0.102. The van der Waals surface area contributed by atoms with Crippen LogP contribution in [0.25, 0.3) is 22.3 Å². The summed E-state index contributed by atoms with van der Waals surface area (Å²) in [6.45, 7) is 0. The van der Waals surface area contributed by atoms with Crippen LogP contribution in [0.1, 0.15) is 10.5 Å². The van der Waals surface area contributed by atoms with Gasteiger partial charge in [-0.15, -0.1) is 0 Å². The Kier molecular flexibility index (Phi) is 3.01. The van der Waals surface area contributed by atoms with Crippen LogP contribution in [0, 0.1) is 0 Å². The molecule has 0 unspecified atom stereocenters. The highest BCUT2D eigenvalue weighted by molar-refractivity contribution is 6.09. The zero-order valence-electron chi connectivity index (χ0n) is 11.7. The lowest BCUT2D eigenvalue weighted by Gasteiger charge is -2.06. The predicted molar refractivity (Wildman–Crippen MR) is 81.5 cm³/mol. The van der Waals surface area contributed by atoms with Crippen molar-refractivity contribution in [2.45, 2.75) is 0 Å². The molecule has 112 valence electrons. The average Bonchev–Trinajstić information content (AvgIpc) is 3.26. The number of pyridine rings is 2. The molecule has 0 atom stereocenters. The summed E-state index contributed by atoms with van der Waals surface area (Å²) in [6, 6.07) is 5.29. The van der Waals surface area contributed by atoms with Gasteiger partial charge in [0.05, 0.1) is 17.6 Å². The van der Waals surface area contributed by atoms with Gasteiger partial charge in [0.15, 0.2) is 5.69 Å². The molecule has 0 aromatic carbocycles. The van der Waals surface area contributed by atoms with E-state index in [4.69, 9.17) is 0 Å². The van der Waals surface area contributed by atoms with Crippen molar-refractivity contribution in [2.24, 2.45) is 0 Å². The highest BCUT2D eigenvalue weighted by atomic mass is 16.1. The topological polar surface area (TPSA) is 125 Å². The fourth-order valence-corrected chi connectivity index (χ4v) is 2.20. The molecule has 4 aromatic rings. The van der Waals surface area contributed by atoms with Crippen LogP contribution in [0.3, 0.4) is 0 Å². The second kappa shape index (κ2) is 5.30. The Hall–Kier alpha value is -3.62. The summed E-state index contributed by atoms with van der Waals surface area (Å²) >= 11 is 0. The third-order valence-corrected chi connectivity index (χ3v) is 3.26. The van der Waals surface area contributed by atoms with Gasteiger partial charge in [-0.3, -0.25) is 14.9 Å². The molecule has 0 saturated heterocycles. The summed E-state index contributed by atoms with van der Waals surface area (Å²) in [4.78, 5) is 20.6. The Morgan fingerprint density at radius 3 is 2.96 bits per heavy atom. The first kappa shape index (κ1) is 13.1. The molecule has 4 rings (SSSR count). The Labute approximate surface area is 129 Å². The molecular formula is C14H10N8O. The van der Waals surface area contributed by atoms with Crippen LogP contribution in [0.5, 0.6) is 0 Å². The number of hydrogen-bond donors (Lipinski definition) is 3. The van der Waals surface area contributed by atoms with Crippen molar-refractivity contribution in [2.75, 3.05) is 5.32 Å². The molecule has 0 fully saturated rings. The van der Waals surface area contributed by atoms with Gasteiger partial charge >= 0.3 is 0 Å². The normalized spacial score (nSPS) is 10.8. The standard InChI is InChI=1S/C14H10N8O/c23-14(13-12-11(1-3-16-13)20-22-21-12)18-9-5-8(6-15-7-9)10-2-4-17-19-10/h1-7H,(H,17,19)(H,18,23)(H,20,21,22). The third kappa shape index (κ3) is 2.39. The molecule has 3 N–H and O–H groups in total. The number of nitrogens with zero attached hydrogens (tertiary/aromatic N) is 5. The van der Waals surface area contributed by atoms with Crippen LogP contribution >= 0.6 is 0 Å².